The maximum atomic E-state index is 13.7. The summed E-state index contributed by atoms with van der Waals surface area (Å²) >= 11 is 5.22. The third kappa shape index (κ3) is 4.45. The Hall–Kier alpha value is -3.00. The number of aromatic amines is 1. The second-order valence-corrected chi connectivity index (χ2v) is 6.78. The quantitative estimate of drug-likeness (QED) is 0.462. The van der Waals surface area contributed by atoms with Gasteiger partial charge in [0, 0.05) is 11.5 Å². The highest BCUT2D eigenvalue weighted by Crippen LogP contribution is 2.28. The van der Waals surface area contributed by atoms with Gasteiger partial charge in [0.25, 0.3) is 0 Å². The van der Waals surface area contributed by atoms with Gasteiger partial charge in [-0.1, -0.05) is 32.0 Å². The van der Waals surface area contributed by atoms with Crippen LogP contribution in [0.1, 0.15) is 36.7 Å². The molecule has 1 N–H and O–H groups in total. The average molecular weight is 400 g/mol. The lowest BCUT2D eigenvalue weighted by Gasteiger charge is -2.11. The molecule has 2 aromatic carbocycles. The molecule has 0 aliphatic rings. The number of methoxy groups -OCH3 is 1. The van der Waals surface area contributed by atoms with E-state index in [2.05, 4.69) is 15.3 Å². The molecule has 3 aromatic rings. The Labute approximate surface area is 167 Å². The van der Waals surface area contributed by atoms with Gasteiger partial charge in [0.2, 0.25) is 4.77 Å². The summed E-state index contributed by atoms with van der Waals surface area (Å²) in [7, 11) is 1.55. The molecule has 28 heavy (non-hydrogen) atoms. The lowest BCUT2D eigenvalue weighted by Crippen LogP contribution is -2.02. The third-order valence-electron chi connectivity index (χ3n) is 4.04. The molecule has 0 bridgehead atoms. The van der Waals surface area contributed by atoms with E-state index in [0.717, 1.165) is 11.4 Å². The Bertz CT molecular complexity index is 1040. The van der Waals surface area contributed by atoms with Crippen molar-refractivity contribution < 1.29 is 13.9 Å². The van der Waals surface area contributed by atoms with Gasteiger partial charge in [-0.25, -0.2) is 4.39 Å². The van der Waals surface area contributed by atoms with Crippen LogP contribution in [0.2, 0.25) is 0 Å². The molecule has 3 rings (SSSR count). The van der Waals surface area contributed by atoms with E-state index in [4.69, 9.17) is 21.7 Å². The van der Waals surface area contributed by atoms with Gasteiger partial charge in [-0.05, 0) is 42.0 Å². The van der Waals surface area contributed by atoms with E-state index >= 15 is 0 Å². The maximum Gasteiger partial charge on any atom is 0.216 e. The molecule has 1 aromatic heterocycles. The van der Waals surface area contributed by atoms with E-state index in [-0.39, 0.29) is 18.3 Å². The molecule has 1 heterocycles. The second-order valence-electron chi connectivity index (χ2n) is 6.39. The normalized spacial score (nSPS) is 11.3. The number of hydrogen-bond acceptors (Lipinski definition) is 5. The van der Waals surface area contributed by atoms with Crippen molar-refractivity contribution in [3.8, 4) is 11.5 Å². The molecule has 0 aliphatic heterocycles. The SMILES string of the molecule is COc1cc(/C=N/n2c(C(C)C)n[nH]c2=S)ccc1OCc1ccccc1F. The highest BCUT2D eigenvalue weighted by molar-refractivity contribution is 7.71. The van der Waals surface area contributed by atoms with Gasteiger partial charge in [-0.2, -0.15) is 14.9 Å². The van der Waals surface area contributed by atoms with Gasteiger partial charge >= 0.3 is 0 Å². The molecular formula is C20H21FN4O2S. The molecule has 0 radical (unpaired) electrons. The zero-order chi connectivity index (χ0) is 20.1. The fourth-order valence-electron chi connectivity index (χ4n) is 2.57. The van der Waals surface area contributed by atoms with E-state index in [0.29, 0.717) is 21.8 Å². The Kier molecular flexibility index (Phi) is 6.20. The lowest BCUT2D eigenvalue weighted by atomic mass is 10.2. The standard InChI is InChI=1S/C20H21FN4O2S/c1-13(2)19-23-24-20(28)25(19)22-11-14-8-9-17(18(10-14)26-3)27-12-15-6-4-5-7-16(15)21/h4-11,13H,12H2,1-3H3,(H,24,28)/b22-11+. The number of nitrogens with zero attached hydrogens (tertiary/aromatic N) is 3. The molecule has 146 valence electrons. The number of nitrogens with one attached hydrogen (secondary N) is 1. The minimum absolute atomic E-state index is 0.110. The van der Waals surface area contributed by atoms with Crippen LogP contribution in [-0.2, 0) is 6.61 Å². The lowest BCUT2D eigenvalue weighted by molar-refractivity contribution is 0.279. The molecule has 6 nitrogen and oxygen atoms in total. The van der Waals surface area contributed by atoms with Crippen molar-refractivity contribution in [2.45, 2.75) is 26.4 Å². The first kappa shape index (κ1) is 19.8. The van der Waals surface area contributed by atoms with Crippen LogP contribution in [0, 0.1) is 10.6 Å². The van der Waals surface area contributed by atoms with Crippen molar-refractivity contribution in [2.24, 2.45) is 5.10 Å². The summed E-state index contributed by atoms with van der Waals surface area (Å²) in [6, 6.07) is 11.9. The molecule has 0 spiro atoms. The van der Waals surface area contributed by atoms with Crippen molar-refractivity contribution in [1.82, 2.24) is 14.9 Å². The van der Waals surface area contributed by atoms with Gasteiger partial charge in [-0.15, -0.1) is 0 Å². The number of H-pyrrole nitrogens is 1. The smallest absolute Gasteiger partial charge is 0.216 e. The molecule has 0 saturated heterocycles. The Morgan fingerprint density at radius 3 is 2.75 bits per heavy atom. The molecule has 0 atom stereocenters. The molecule has 0 amide bonds. The minimum Gasteiger partial charge on any atom is -0.493 e. The Balaban J connectivity index is 1.79. The molecule has 0 aliphatic carbocycles. The van der Waals surface area contributed by atoms with Crippen LogP contribution in [0.3, 0.4) is 0 Å². The summed E-state index contributed by atoms with van der Waals surface area (Å²) in [4.78, 5) is 0. The van der Waals surface area contributed by atoms with Crippen LogP contribution < -0.4 is 9.47 Å². The predicted molar refractivity (Wildman–Crippen MR) is 108 cm³/mol. The highest BCUT2D eigenvalue weighted by atomic mass is 32.1. The van der Waals surface area contributed by atoms with Crippen molar-refractivity contribution in [2.75, 3.05) is 7.11 Å². The Morgan fingerprint density at radius 2 is 2.04 bits per heavy atom. The van der Waals surface area contributed by atoms with E-state index in [1.807, 2.05) is 19.9 Å². The van der Waals surface area contributed by atoms with E-state index < -0.39 is 0 Å². The van der Waals surface area contributed by atoms with Crippen LogP contribution in [-0.4, -0.2) is 28.2 Å². The fraction of sp³-hybridized carbons (Fsp3) is 0.250. The summed E-state index contributed by atoms with van der Waals surface area (Å²) in [5.74, 6) is 1.67. The van der Waals surface area contributed by atoms with Crippen molar-refractivity contribution in [1.29, 1.82) is 0 Å². The first-order valence-electron chi connectivity index (χ1n) is 8.75. The van der Waals surface area contributed by atoms with Gasteiger partial charge < -0.3 is 9.47 Å². The second kappa shape index (κ2) is 8.79. The monoisotopic (exact) mass is 400 g/mol. The van der Waals surface area contributed by atoms with Crippen LogP contribution in [0.15, 0.2) is 47.6 Å². The summed E-state index contributed by atoms with van der Waals surface area (Å²) in [6.07, 6.45) is 1.67. The maximum absolute atomic E-state index is 13.7. The average Bonchev–Trinajstić information content (AvgIpc) is 3.06. The Morgan fingerprint density at radius 1 is 1.25 bits per heavy atom. The molecular weight excluding hydrogens is 379 g/mol. The van der Waals surface area contributed by atoms with Crippen molar-refractivity contribution >= 4 is 18.4 Å². The molecule has 0 unspecified atom stereocenters. The van der Waals surface area contributed by atoms with Crippen LogP contribution in [0.4, 0.5) is 4.39 Å². The number of halogens is 1. The van der Waals surface area contributed by atoms with Crippen LogP contribution in [0.5, 0.6) is 11.5 Å². The van der Waals surface area contributed by atoms with E-state index in [1.54, 1.807) is 48.3 Å². The van der Waals surface area contributed by atoms with E-state index in [9.17, 15) is 4.39 Å². The van der Waals surface area contributed by atoms with Gasteiger partial charge in [0.15, 0.2) is 17.3 Å². The molecule has 0 saturated carbocycles. The number of aromatic nitrogens is 3. The van der Waals surface area contributed by atoms with Crippen LogP contribution >= 0.6 is 12.2 Å². The predicted octanol–water partition coefficient (Wildman–Crippen LogP) is 4.67. The number of rotatable bonds is 7. The minimum atomic E-state index is -0.303. The third-order valence-corrected chi connectivity index (χ3v) is 4.31. The zero-order valence-electron chi connectivity index (χ0n) is 15.8. The largest absolute Gasteiger partial charge is 0.493 e. The first-order chi connectivity index (χ1) is 13.5. The first-order valence-corrected chi connectivity index (χ1v) is 9.16. The summed E-state index contributed by atoms with van der Waals surface area (Å²) in [5.41, 5.74) is 1.28. The highest BCUT2D eigenvalue weighted by Gasteiger charge is 2.10. The van der Waals surface area contributed by atoms with Gasteiger partial charge in [-0.3, -0.25) is 5.10 Å². The summed E-state index contributed by atoms with van der Waals surface area (Å²) in [6.45, 7) is 4.14. The number of hydrogen-bond donors (Lipinski definition) is 1. The van der Waals surface area contributed by atoms with Crippen molar-refractivity contribution in [3.05, 3.63) is 70.0 Å². The zero-order valence-corrected chi connectivity index (χ0v) is 16.7. The van der Waals surface area contributed by atoms with Crippen LogP contribution in [0.25, 0.3) is 0 Å². The topological polar surface area (TPSA) is 64.4 Å². The summed E-state index contributed by atoms with van der Waals surface area (Å²) in [5, 5.41) is 11.4. The number of ether oxygens (including phenoxy) is 2. The van der Waals surface area contributed by atoms with Crippen molar-refractivity contribution in [3.63, 3.8) is 0 Å². The summed E-state index contributed by atoms with van der Waals surface area (Å²) < 4.78 is 26.9. The fourth-order valence-corrected chi connectivity index (χ4v) is 2.75. The molecule has 8 heteroatoms. The molecule has 0 fully saturated rings. The van der Waals surface area contributed by atoms with Gasteiger partial charge in [0.1, 0.15) is 12.4 Å². The van der Waals surface area contributed by atoms with Gasteiger partial charge in [0.05, 0.1) is 13.3 Å². The van der Waals surface area contributed by atoms with E-state index in [1.165, 1.54) is 6.07 Å². The number of benzene rings is 2.